The van der Waals surface area contributed by atoms with Gasteiger partial charge in [-0.05, 0) is 24.1 Å². The number of aliphatic hydroxyl groups is 2. The second kappa shape index (κ2) is 8.10. The number of aliphatic hydroxyl groups excluding tert-OH is 2. The van der Waals surface area contributed by atoms with Gasteiger partial charge in [-0.3, -0.25) is 18.7 Å². The summed E-state index contributed by atoms with van der Waals surface area (Å²) in [5.74, 6) is -1.93. The molecule has 2 heterocycles. The molecule has 0 saturated carbocycles. The third-order valence-electron chi connectivity index (χ3n) is 4.62. The minimum absolute atomic E-state index is 0.107. The van der Waals surface area contributed by atoms with Gasteiger partial charge in [0, 0.05) is 7.05 Å². The SMILES string of the molecule is CCc1ccc(Nc2c(F)c(=O)n(C)c3ncn(CC(O)CO)c(=O)c23)c(F)c1. The monoisotopic (exact) mass is 406 g/mol. The number of anilines is 2. The van der Waals surface area contributed by atoms with E-state index in [-0.39, 0.29) is 23.3 Å². The number of halogens is 2. The standard InChI is InChI=1S/C19H20F2N4O4/c1-3-10-4-5-13(12(20)6-10)23-16-14-17(24(2)19(29)15(16)21)22-9-25(18(14)28)7-11(27)8-26/h4-6,9,11,23,26-27H,3,7-8H2,1-2H3. The minimum Gasteiger partial charge on any atom is -0.394 e. The Morgan fingerprint density at radius 1 is 1.24 bits per heavy atom. The van der Waals surface area contributed by atoms with Crippen LogP contribution in [0.1, 0.15) is 12.5 Å². The van der Waals surface area contributed by atoms with Crippen LogP contribution in [0.4, 0.5) is 20.2 Å². The summed E-state index contributed by atoms with van der Waals surface area (Å²) >= 11 is 0. The quantitative estimate of drug-likeness (QED) is 0.564. The van der Waals surface area contributed by atoms with Crippen LogP contribution in [0.5, 0.6) is 0 Å². The number of aromatic nitrogens is 3. The van der Waals surface area contributed by atoms with E-state index < -0.39 is 41.2 Å². The zero-order chi connectivity index (χ0) is 21.3. The molecule has 0 aliphatic rings. The summed E-state index contributed by atoms with van der Waals surface area (Å²) < 4.78 is 31.1. The van der Waals surface area contributed by atoms with Crippen molar-refractivity contribution < 1.29 is 19.0 Å². The molecule has 0 saturated heterocycles. The molecule has 0 aliphatic carbocycles. The number of rotatable bonds is 6. The van der Waals surface area contributed by atoms with Crippen LogP contribution < -0.4 is 16.4 Å². The van der Waals surface area contributed by atoms with Crippen molar-refractivity contribution in [3.63, 3.8) is 0 Å². The first-order chi connectivity index (χ1) is 13.8. The summed E-state index contributed by atoms with van der Waals surface area (Å²) in [5, 5.41) is 20.9. The lowest BCUT2D eigenvalue weighted by Crippen LogP contribution is -2.32. The van der Waals surface area contributed by atoms with Crippen LogP contribution in [-0.4, -0.2) is 37.0 Å². The second-order valence-electron chi connectivity index (χ2n) is 6.58. The van der Waals surface area contributed by atoms with Crippen LogP contribution in [0.25, 0.3) is 11.0 Å². The largest absolute Gasteiger partial charge is 0.394 e. The predicted octanol–water partition coefficient (Wildman–Crippen LogP) is 1.03. The smallest absolute Gasteiger partial charge is 0.290 e. The van der Waals surface area contributed by atoms with Gasteiger partial charge in [-0.1, -0.05) is 13.0 Å². The molecule has 1 atom stereocenters. The highest BCUT2D eigenvalue weighted by Crippen LogP contribution is 2.26. The molecule has 2 aromatic heterocycles. The number of benzene rings is 1. The number of nitrogens with zero attached hydrogens (tertiary/aromatic N) is 3. The van der Waals surface area contributed by atoms with Gasteiger partial charge in [0.2, 0.25) is 5.82 Å². The Labute approximate surface area is 163 Å². The van der Waals surface area contributed by atoms with Crippen molar-refractivity contribution in [1.29, 1.82) is 0 Å². The van der Waals surface area contributed by atoms with E-state index in [1.807, 2.05) is 6.92 Å². The molecular weight excluding hydrogens is 386 g/mol. The van der Waals surface area contributed by atoms with Crippen molar-refractivity contribution >= 4 is 22.4 Å². The maximum Gasteiger partial charge on any atom is 0.290 e. The number of fused-ring (bicyclic) bond motifs is 1. The van der Waals surface area contributed by atoms with Crippen LogP contribution in [0, 0.1) is 11.6 Å². The van der Waals surface area contributed by atoms with Crippen molar-refractivity contribution in [2.75, 3.05) is 11.9 Å². The van der Waals surface area contributed by atoms with Gasteiger partial charge in [0.1, 0.15) is 17.5 Å². The van der Waals surface area contributed by atoms with E-state index >= 15 is 0 Å². The molecule has 3 rings (SSSR count). The Hall–Kier alpha value is -3.11. The van der Waals surface area contributed by atoms with Crippen molar-refractivity contribution in [3.05, 3.63) is 62.4 Å². The van der Waals surface area contributed by atoms with Crippen LogP contribution >= 0.6 is 0 Å². The van der Waals surface area contributed by atoms with Crippen molar-refractivity contribution in [1.82, 2.24) is 14.1 Å². The lowest BCUT2D eigenvalue weighted by atomic mass is 10.1. The van der Waals surface area contributed by atoms with Gasteiger partial charge >= 0.3 is 0 Å². The topological polar surface area (TPSA) is 109 Å². The highest BCUT2D eigenvalue weighted by Gasteiger charge is 2.21. The lowest BCUT2D eigenvalue weighted by Gasteiger charge is -2.16. The molecule has 29 heavy (non-hydrogen) atoms. The van der Waals surface area contributed by atoms with Gasteiger partial charge in [0.15, 0.2) is 5.65 Å². The van der Waals surface area contributed by atoms with E-state index in [4.69, 9.17) is 5.11 Å². The predicted molar refractivity (Wildman–Crippen MR) is 103 cm³/mol. The zero-order valence-electron chi connectivity index (χ0n) is 15.8. The highest BCUT2D eigenvalue weighted by atomic mass is 19.1. The van der Waals surface area contributed by atoms with Crippen LogP contribution in [0.3, 0.4) is 0 Å². The molecule has 8 nitrogen and oxygen atoms in total. The first kappa shape index (κ1) is 20.6. The molecule has 0 bridgehead atoms. The molecule has 0 amide bonds. The molecular formula is C19H20F2N4O4. The number of hydrogen-bond acceptors (Lipinski definition) is 6. The van der Waals surface area contributed by atoms with Gasteiger partial charge in [-0.25, -0.2) is 9.37 Å². The number of nitrogens with one attached hydrogen (secondary N) is 1. The highest BCUT2D eigenvalue weighted by molar-refractivity contribution is 5.90. The Morgan fingerprint density at radius 2 is 1.97 bits per heavy atom. The van der Waals surface area contributed by atoms with Crippen LogP contribution in [0.2, 0.25) is 0 Å². The van der Waals surface area contributed by atoms with Crippen LogP contribution in [-0.2, 0) is 20.0 Å². The Bertz CT molecular complexity index is 1190. The van der Waals surface area contributed by atoms with Gasteiger partial charge < -0.3 is 15.5 Å². The Kier molecular flexibility index (Phi) is 5.76. The fourth-order valence-electron chi connectivity index (χ4n) is 2.96. The summed E-state index contributed by atoms with van der Waals surface area (Å²) in [6.45, 7) is 0.971. The third kappa shape index (κ3) is 3.76. The average molecular weight is 406 g/mol. The van der Waals surface area contributed by atoms with E-state index in [1.165, 1.54) is 19.2 Å². The van der Waals surface area contributed by atoms with Crippen molar-refractivity contribution in [3.8, 4) is 0 Å². The number of hydrogen-bond donors (Lipinski definition) is 3. The molecule has 0 spiro atoms. The molecule has 0 fully saturated rings. The summed E-state index contributed by atoms with van der Waals surface area (Å²) in [5.41, 5.74) is -1.79. The normalized spacial score (nSPS) is 12.3. The van der Waals surface area contributed by atoms with E-state index in [9.17, 15) is 23.5 Å². The Balaban J connectivity index is 2.25. The fraction of sp³-hybridized carbons (Fsp3) is 0.316. The summed E-state index contributed by atoms with van der Waals surface area (Å²) in [7, 11) is 1.26. The fourth-order valence-corrected chi connectivity index (χ4v) is 2.96. The summed E-state index contributed by atoms with van der Waals surface area (Å²) in [4.78, 5) is 29.2. The molecule has 1 unspecified atom stereocenters. The molecule has 3 N–H and O–H groups in total. The number of aryl methyl sites for hydroxylation is 2. The van der Waals surface area contributed by atoms with E-state index in [1.54, 1.807) is 6.07 Å². The lowest BCUT2D eigenvalue weighted by molar-refractivity contribution is 0.0802. The molecule has 0 radical (unpaired) electrons. The third-order valence-corrected chi connectivity index (χ3v) is 4.62. The Morgan fingerprint density at radius 3 is 2.59 bits per heavy atom. The van der Waals surface area contributed by atoms with Gasteiger partial charge in [-0.2, -0.15) is 4.39 Å². The summed E-state index contributed by atoms with van der Waals surface area (Å²) in [6, 6.07) is 4.31. The molecule has 1 aromatic carbocycles. The van der Waals surface area contributed by atoms with Gasteiger partial charge in [0.05, 0.1) is 30.6 Å². The van der Waals surface area contributed by atoms with Crippen molar-refractivity contribution in [2.45, 2.75) is 26.0 Å². The second-order valence-corrected chi connectivity index (χ2v) is 6.58. The minimum atomic E-state index is -1.27. The van der Waals surface area contributed by atoms with E-state index in [0.717, 1.165) is 21.0 Å². The number of pyridine rings is 1. The van der Waals surface area contributed by atoms with Crippen LogP contribution in [0.15, 0.2) is 34.1 Å². The zero-order valence-corrected chi connectivity index (χ0v) is 15.8. The van der Waals surface area contributed by atoms with E-state index in [0.29, 0.717) is 6.42 Å². The molecule has 0 aliphatic heterocycles. The molecule has 154 valence electrons. The first-order valence-electron chi connectivity index (χ1n) is 8.90. The van der Waals surface area contributed by atoms with Gasteiger partial charge in [0.25, 0.3) is 11.1 Å². The van der Waals surface area contributed by atoms with Gasteiger partial charge in [-0.15, -0.1) is 0 Å². The maximum atomic E-state index is 14.8. The molecule has 3 aromatic rings. The summed E-state index contributed by atoms with van der Waals surface area (Å²) in [6.07, 6.45) is 0.448. The maximum absolute atomic E-state index is 14.8. The van der Waals surface area contributed by atoms with Crippen molar-refractivity contribution in [2.24, 2.45) is 7.05 Å². The van der Waals surface area contributed by atoms with E-state index in [2.05, 4.69) is 10.3 Å². The first-order valence-corrected chi connectivity index (χ1v) is 8.90. The average Bonchev–Trinajstić information content (AvgIpc) is 2.72. The molecule has 10 heteroatoms.